The molecule has 0 amide bonds. The number of amidine groups is 3. The van der Waals surface area contributed by atoms with Gasteiger partial charge in [0.05, 0.1) is 22.8 Å². The Morgan fingerprint density at radius 3 is 1.84 bits per heavy atom. The number of allylic oxidation sites excluding steroid dienone is 2. The number of furan rings is 2. The molecule has 2 aromatic carbocycles. The Kier molecular flexibility index (Phi) is 9.46. The molecule has 2 aromatic heterocycles. The lowest BCUT2D eigenvalue weighted by Gasteiger charge is -2.31. The maximum absolute atomic E-state index is 8.73. The van der Waals surface area contributed by atoms with Gasteiger partial charge in [0.25, 0.3) is 0 Å². The molecule has 7 heterocycles. The lowest BCUT2D eigenvalue weighted by molar-refractivity contribution is 0.550. The maximum Gasteiger partial charge on any atom is 0.197 e. The molecular formula is C44H46N10O2. The van der Waals surface area contributed by atoms with Gasteiger partial charge >= 0.3 is 0 Å². The van der Waals surface area contributed by atoms with Crippen LogP contribution in [0.1, 0.15) is 61.2 Å². The number of nitrogens with one attached hydrogen (secondary N) is 3. The summed E-state index contributed by atoms with van der Waals surface area (Å²) in [7, 11) is 0. The number of hydrogen-bond acceptors (Lipinski definition) is 12. The number of aliphatic imine (C=N–C) groups is 4. The first-order valence-electron chi connectivity index (χ1n) is 19.6. The van der Waals surface area contributed by atoms with Gasteiger partial charge in [0.1, 0.15) is 34.8 Å². The van der Waals surface area contributed by atoms with Crippen LogP contribution < -0.4 is 26.2 Å². The Bertz CT molecular complexity index is 2300. The summed E-state index contributed by atoms with van der Waals surface area (Å²) in [5, 5.41) is 15.8. The van der Waals surface area contributed by atoms with Gasteiger partial charge in [0, 0.05) is 60.8 Å². The van der Waals surface area contributed by atoms with E-state index in [1.54, 1.807) is 0 Å². The smallest absolute Gasteiger partial charge is 0.197 e. The van der Waals surface area contributed by atoms with Crippen molar-refractivity contribution in [2.45, 2.75) is 52.4 Å². The summed E-state index contributed by atoms with van der Waals surface area (Å²) in [5.74, 6) is 3.82. The minimum atomic E-state index is -0.394. The largest absolute Gasteiger partial charge is 0.446 e. The molecule has 284 valence electrons. The van der Waals surface area contributed by atoms with Crippen LogP contribution in [-0.4, -0.2) is 55.1 Å². The van der Waals surface area contributed by atoms with Gasteiger partial charge in [-0.05, 0) is 131 Å². The number of aryl methyl sites for hydroxylation is 2. The molecule has 1 atom stereocenters. The molecule has 0 saturated carbocycles. The minimum absolute atomic E-state index is 0.0768. The van der Waals surface area contributed by atoms with E-state index in [4.69, 9.17) is 39.9 Å². The van der Waals surface area contributed by atoms with Crippen LogP contribution in [0.2, 0.25) is 0 Å². The van der Waals surface area contributed by atoms with E-state index in [1.807, 2.05) is 38.1 Å². The highest BCUT2D eigenvalue weighted by molar-refractivity contribution is 6.49. The molecule has 12 heteroatoms. The standard InChI is InChI=1S/C44H46N10O2/c1-27-9-15-39(55-27)47-37-25-30(53-19-5-3-6-20-53)11-13-32(37)35-23-29-24-36(50-44-41(29)43(49-35)51-42(52-44)34(46)17-18-45)33-14-12-31(54-21-7-4-8-22-54)26-38(33)48-40-16-10-28(2)56-40/h9-18,23-26,41,46-48H,3-8,19-22,45H2,1-2H3/b18-17-,46-34?. The van der Waals surface area contributed by atoms with E-state index in [1.165, 1.54) is 50.8 Å². The Morgan fingerprint density at radius 1 is 0.696 bits per heavy atom. The van der Waals surface area contributed by atoms with Crippen molar-refractivity contribution < 1.29 is 8.83 Å². The Hall–Kier alpha value is -6.43. The second-order valence-electron chi connectivity index (χ2n) is 14.9. The van der Waals surface area contributed by atoms with Crippen LogP contribution in [0.4, 0.5) is 34.5 Å². The number of rotatable bonds is 10. The average molecular weight is 747 g/mol. The van der Waals surface area contributed by atoms with Crippen molar-refractivity contribution in [1.29, 1.82) is 5.41 Å². The summed E-state index contributed by atoms with van der Waals surface area (Å²) < 4.78 is 12.0. The summed E-state index contributed by atoms with van der Waals surface area (Å²) >= 11 is 0. The number of nitrogens with two attached hydrogens (primary N) is 1. The second-order valence-corrected chi connectivity index (χ2v) is 14.9. The predicted molar refractivity (Wildman–Crippen MR) is 228 cm³/mol. The number of nitrogens with zero attached hydrogens (tertiary/aromatic N) is 6. The van der Waals surface area contributed by atoms with Gasteiger partial charge in [-0.25, -0.2) is 20.0 Å². The third-order valence-corrected chi connectivity index (χ3v) is 10.9. The fraction of sp³-hybridized carbons (Fsp3) is 0.295. The lowest BCUT2D eigenvalue weighted by atomic mass is 9.86. The molecule has 4 aromatic rings. The first-order valence-corrected chi connectivity index (χ1v) is 19.6. The highest BCUT2D eigenvalue weighted by Gasteiger charge is 2.37. The van der Waals surface area contributed by atoms with Crippen molar-refractivity contribution >= 4 is 69.1 Å². The van der Waals surface area contributed by atoms with E-state index < -0.39 is 5.92 Å². The van der Waals surface area contributed by atoms with Crippen molar-refractivity contribution in [3.63, 3.8) is 0 Å². The summed E-state index contributed by atoms with van der Waals surface area (Å²) in [6.45, 7) is 7.98. The summed E-state index contributed by atoms with van der Waals surface area (Å²) in [5.41, 5.74) is 14.1. The van der Waals surface area contributed by atoms with E-state index in [-0.39, 0.29) is 11.5 Å². The van der Waals surface area contributed by atoms with Crippen LogP contribution in [0.3, 0.4) is 0 Å². The third kappa shape index (κ3) is 7.10. The van der Waals surface area contributed by atoms with Crippen molar-refractivity contribution in [2.75, 3.05) is 46.6 Å². The third-order valence-electron chi connectivity index (χ3n) is 10.9. The van der Waals surface area contributed by atoms with Crippen LogP contribution in [0, 0.1) is 25.2 Å². The summed E-state index contributed by atoms with van der Waals surface area (Å²) in [6, 6.07) is 20.8. The quantitative estimate of drug-likeness (QED) is 0.118. The second kappa shape index (κ2) is 15.0. The summed E-state index contributed by atoms with van der Waals surface area (Å²) in [6.07, 6.45) is 14.3. The Morgan fingerprint density at radius 2 is 1.27 bits per heavy atom. The SMILES string of the molecule is Cc1ccc(Nc2cc(N3CCCCC3)ccc2C2=CC3=CC(c4ccc(N5CCCCC5)cc4Nc4ccc(C)o4)=NC4=NC(C(=N)/C=C\N)=NC(=N2)C34)o1. The zero-order valence-corrected chi connectivity index (χ0v) is 31.8. The molecule has 12 nitrogen and oxygen atoms in total. The van der Waals surface area contributed by atoms with Gasteiger partial charge in [0.15, 0.2) is 17.6 Å². The zero-order valence-electron chi connectivity index (χ0n) is 31.8. The van der Waals surface area contributed by atoms with Gasteiger partial charge in [-0.3, -0.25) is 5.41 Å². The van der Waals surface area contributed by atoms with E-state index in [0.29, 0.717) is 23.4 Å². The minimum Gasteiger partial charge on any atom is -0.446 e. The van der Waals surface area contributed by atoms with Gasteiger partial charge in [-0.15, -0.1) is 0 Å². The maximum atomic E-state index is 8.73. The number of anilines is 6. The van der Waals surface area contributed by atoms with E-state index in [9.17, 15) is 0 Å². The molecular weight excluding hydrogens is 701 g/mol. The molecule has 0 aliphatic carbocycles. The van der Waals surface area contributed by atoms with Crippen LogP contribution >= 0.6 is 0 Å². The monoisotopic (exact) mass is 746 g/mol. The lowest BCUT2D eigenvalue weighted by Crippen LogP contribution is -2.35. The zero-order chi connectivity index (χ0) is 38.2. The van der Waals surface area contributed by atoms with Crippen LogP contribution in [-0.2, 0) is 0 Å². The van der Waals surface area contributed by atoms with E-state index >= 15 is 0 Å². The van der Waals surface area contributed by atoms with E-state index in [2.05, 4.69) is 69.0 Å². The first kappa shape index (κ1) is 35.3. The molecule has 5 aliphatic heterocycles. The predicted octanol–water partition coefficient (Wildman–Crippen LogP) is 9.06. The Labute approximate surface area is 326 Å². The molecule has 0 spiro atoms. The van der Waals surface area contributed by atoms with E-state index in [0.717, 1.165) is 88.6 Å². The molecule has 56 heavy (non-hydrogen) atoms. The fourth-order valence-corrected chi connectivity index (χ4v) is 8.05. The molecule has 9 rings (SSSR count). The molecule has 0 radical (unpaired) electrons. The van der Waals surface area contributed by atoms with Crippen molar-refractivity contribution in [3.05, 3.63) is 113 Å². The number of dihydropyridines is 1. The Balaban J connectivity index is 1.17. The molecule has 5 N–H and O–H groups in total. The van der Waals surface area contributed by atoms with Gasteiger partial charge < -0.3 is 35.0 Å². The summed E-state index contributed by atoms with van der Waals surface area (Å²) in [4.78, 5) is 24.9. The van der Waals surface area contributed by atoms with Crippen LogP contribution in [0.5, 0.6) is 0 Å². The number of piperidine rings is 2. The highest BCUT2D eigenvalue weighted by atomic mass is 16.4. The number of hydrogen-bond donors (Lipinski definition) is 4. The van der Waals surface area contributed by atoms with Gasteiger partial charge in [-0.1, -0.05) is 0 Å². The average Bonchev–Trinajstić information content (AvgIpc) is 3.84. The fourth-order valence-electron chi connectivity index (χ4n) is 8.05. The first-order chi connectivity index (χ1) is 27.4. The molecule has 2 fully saturated rings. The van der Waals surface area contributed by atoms with Crippen molar-refractivity contribution in [1.82, 2.24) is 0 Å². The van der Waals surface area contributed by atoms with Gasteiger partial charge in [0.2, 0.25) is 0 Å². The van der Waals surface area contributed by atoms with Crippen molar-refractivity contribution in [2.24, 2.45) is 31.6 Å². The van der Waals surface area contributed by atoms with Crippen LogP contribution in [0.15, 0.2) is 119 Å². The van der Waals surface area contributed by atoms with Crippen LogP contribution in [0.25, 0.3) is 5.70 Å². The molecule has 2 saturated heterocycles. The molecule has 5 aliphatic rings. The molecule has 1 unspecified atom stereocenters. The number of benzene rings is 2. The van der Waals surface area contributed by atoms with Crippen molar-refractivity contribution in [3.8, 4) is 0 Å². The highest BCUT2D eigenvalue weighted by Crippen LogP contribution is 2.40. The normalized spacial score (nSPS) is 19.4. The molecule has 0 bridgehead atoms. The van der Waals surface area contributed by atoms with Gasteiger partial charge in [-0.2, -0.15) is 0 Å². The topological polar surface area (TPSA) is 156 Å².